The molecular weight excluding hydrogens is 390 g/mol. The normalized spacial score (nSPS) is 16.6. The van der Waals surface area contributed by atoms with Crippen LogP contribution in [0.25, 0.3) is 11.1 Å². The van der Waals surface area contributed by atoms with Crippen LogP contribution in [0, 0.1) is 6.92 Å². The van der Waals surface area contributed by atoms with Gasteiger partial charge in [-0.1, -0.05) is 56.3 Å². The number of halogens is 2. The fourth-order valence-corrected chi connectivity index (χ4v) is 4.40. The molecule has 1 aromatic heterocycles. The minimum absolute atomic E-state index is 0.0463. The van der Waals surface area contributed by atoms with Gasteiger partial charge >= 0.3 is 0 Å². The average Bonchev–Trinajstić information content (AvgIpc) is 2.85. The Labute approximate surface area is 183 Å². The smallest absolute Gasteiger partial charge is 0.270 e. The quantitative estimate of drug-likeness (QED) is 0.459. The van der Waals surface area contributed by atoms with Crippen LogP contribution in [0.2, 0.25) is 0 Å². The summed E-state index contributed by atoms with van der Waals surface area (Å²) in [7, 11) is 0. The van der Waals surface area contributed by atoms with Gasteiger partial charge in [0.15, 0.2) is 0 Å². The van der Waals surface area contributed by atoms with E-state index in [-0.39, 0.29) is 11.0 Å². The van der Waals surface area contributed by atoms with Crippen LogP contribution in [0.3, 0.4) is 0 Å². The first-order chi connectivity index (χ1) is 14.6. The van der Waals surface area contributed by atoms with Gasteiger partial charge in [0.2, 0.25) is 0 Å². The molecule has 2 aromatic carbocycles. The summed E-state index contributed by atoms with van der Waals surface area (Å²) < 4.78 is 27.2. The maximum absolute atomic E-state index is 13.6. The molecule has 0 unspecified atom stereocenters. The largest absolute Gasteiger partial charge is 0.295 e. The van der Waals surface area contributed by atoms with E-state index in [1.165, 1.54) is 28.8 Å². The number of pyridine rings is 1. The second-order valence-electron chi connectivity index (χ2n) is 9.49. The van der Waals surface area contributed by atoms with Gasteiger partial charge in [0, 0.05) is 37.5 Å². The number of nitrogens with zero attached hydrogens (tertiary/aromatic N) is 2. The maximum Gasteiger partial charge on any atom is 0.270 e. The lowest BCUT2D eigenvalue weighted by Crippen LogP contribution is -2.25. The molecule has 1 aliphatic rings. The maximum atomic E-state index is 13.6. The summed E-state index contributed by atoms with van der Waals surface area (Å²) in [5.41, 5.74) is 7.10. The van der Waals surface area contributed by atoms with Gasteiger partial charge in [0.25, 0.3) is 5.92 Å². The Morgan fingerprint density at radius 1 is 1.00 bits per heavy atom. The number of hydrogen-bond donors (Lipinski definition) is 0. The van der Waals surface area contributed by atoms with Crippen LogP contribution in [0.5, 0.6) is 0 Å². The Morgan fingerprint density at radius 2 is 1.71 bits per heavy atom. The molecule has 0 bridgehead atoms. The van der Waals surface area contributed by atoms with Gasteiger partial charge in [-0.25, -0.2) is 8.78 Å². The minimum Gasteiger partial charge on any atom is -0.295 e. The number of aromatic nitrogens is 1. The molecule has 4 heteroatoms. The van der Waals surface area contributed by atoms with E-state index in [0.29, 0.717) is 0 Å². The van der Waals surface area contributed by atoms with Gasteiger partial charge in [-0.05, 0) is 65.3 Å². The van der Waals surface area contributed by atoms with Crippen LogP contribution >= 0.6 is 0 Å². The predicted molar refractivity (Wildman–Crippen MR) is 122 cm³/mol. The highest BCUT2D eigenvalue weighted by molar-refractivity contribution is 5.66. The van der Waals surface area contributed by atoms with Crippen molar-refractivity contribution in [2.75, 3.05) is 6.54 Å². The van der Waals surface area contributed by atoms with Gasteiger partial charge < -0.3 is 0 Å². The Bertz CT molecular complexity index is 1050. The highest BCUT2D eigenvalue weighted by atomic mass is 19.3. The third-order valence-electron chi connectivity index (χ3n) is 6.39. The van der Waals surface area contributed by atoms with Gasteiger partial charge in [0.1, 0.15) is 0 Å². The van der Waals surface area contributed by atoms with E-state index in [1.54, 1.807) is 12.1 Å². The van der Waals surface area contributed by atoms with Crippen LogP contribution in [0.15, 0.2) is 60.8 Å². The molecule has 2 nitrogen and oxygen atoms in total. The molecule has 162 valence electrons. The van der Waals surface area contributed by atoms with Gasteiger partial charge in [-0.3, -0.25) is 9.88 Å². The molecule has 0 fully saturated rings. The first-order valence-electron chi connectivity index (χ1n) is 10.9. The minimum atomic E-state index is -2.82. The van der Waals surface area contributed by atoms with E-state index in [2.05, 4.69) is 54.1 Å². The fraction of sp³-hybridized carbons (Fsp3) is 0.370. The van der Waals surface area contributed by atoms with E-state index >= 15 is 0 Å². The van der Waals surface area contributed by atoms with Crippen molar-refractivity contribution in [2.45, 2.75) is 58.5 Å². The Kier molecular flexibility index (Phi) is 5.69. The van der Waals surface area contributed by atoms with Crippen LogP contribution in [0.4, 0.5) is 8.78 Å². The highest BCUT2D eigenvalue weighted by Gasteiger charge is 2.29. The molecule has 0 spiro atoms. The van der Waals surface area contributed by atoms with E-state index in [4.69, 9.17) is 0 Å². The van der Waals surface area contributed by atoms with Gasteiger partial charge in [0.05, 0.1) is 0 Å². The lowest BCUT2D eigenvalue weighted by molar-refractivity contribution is 0.0175. The highest BCUT2D eigenvalue weighted by Crippen LogP contribution is 2.37. The summed E-state index contributed by atoms with van der Waals surface area (Å²) in [5.74, 6) is -2.82. The number of rotatable bonds is 4. The van der Waals surface area contributed by atoms with Crippen molar-refractivity contribution < 1.29 is 8.78 Å². The van der Waals surface area contributed by atoms with E-state index in [0.717, 1.165) is 49.8 Å². The van der Waals surface area contributed by atoms with Gasteiger partial charge in [-0.2, -0.15) is 0 Å². The number of hydrogen-bond acceptors (Lipinski definition) is 2. The molecule has 31 heavy (non-hydrogen) atoms. The lowest BCUT2D eigenvalue weighted by Gasteiger charge is -2.25. The third kappa shape index (κ3) is 4.85. The van der Waals surface area contributed by atoms with E-state index < -0.39 is 5.92 Å². The zero-order valence-electron chi connectivity index (χ0n) is 18.8. The number of fused-ring (bicyclic) bond motifs is 1. The van der Waals surface area contributed by atoms with Crippen molar-refractivity contribution in [3.05, 3.63) is 88.7 Å². The molecule has 0 saturated carbocycles. The van der Waals surface area contributed by atoms with Crippen molar-refractivity contribution in [3.63, 3.8) is 0 Å². The van der Waals surface area contributed by atoms with Crippen molar-refractivity contribution in [2.24, 2.45) is 0 Å². The van der Waals surface area contributed by atoms with Crippen molar-refractivity contribution in [1.82, 2.24) is 9.88 Å². The molecule has 2 heterocycles. The predicted octanol–water partition coefficient (Wildman–Crippen LogP) is 6.85. The molecule has 0 radical (unpaired) electrons. The van der Waals surface area contributed by atoms with Crippen LogP contribution in [-0.2, 0) is 24.4 Å². The monoisotopic (exact) mass is 420 g/mol. The molecule has 3 aromatic rings. The van der Waals surface area contributed by atoms with Crippen molar-refractivity contribution >= 4 is 0 Å². The molecular formula is C27H30F2N2. The molecule has 0 aliphatic carbocycles. The van der Waals surface area contributed by atoms with Gasteiger partial charge in [-0.15, -0.1) is 0 Å². The topological polar surface area (TPSA) is 16.1 Å². The standard InChI is InChI=1S/C27H30F2N2/c1-19-5-6-20(16-30-19)17-31-14-13-26(2,3)25-12-9-22(15-23(25)18-31)21-7-10-24(11-8-21)27(4,28)29/h5-12,15-16H,13-14,17-18H2,1-4H3. The summed E-state index contributed by atoms with van der Waals surface area (Å²) in [6.45, 7) is 10.3. The number of aryl methyl sites for hydroxylation is 1. The third-order valence-corrected chi connectivity index (χ3v) is 6.39. The van der Waals surface area contributed by atoms with Crippen LogP contribution in [-0.4, -0.2) is 16.4 Å². The Morgan fingerprint density at radius 3 is 2.35 bits per heavy atom. The van der Waals surface area contributed by atoms with Crippen LogP contribution < -0.4 is 0 Å². The first-order valence-corrected chi connectivity index (χ1v) is 10.9. The molecule has 0 atom stereocenters. The number of benzene rings is 2. The summed E-state index contributed by atoms with van der Waals surface area (Å²) in [6.07, 6.45) is 3.05. The second-order valence-corrected chi connectivity index (χ2v) is 9.49. The average molecular weight is 421 g/mol. The first kappa shape index (κ1) is 21.6. The zero-order chi connectivity index (χ0) is 22.2. The summed E-state index contributed by atoms with van der Waals surface area (Å²) in [6, 6.07) is 17.5. The molecule has 4 rings (SSSR count). The van der Waals surface area contributed by atoms with Crippen molar-refractivity contribution in [1.29, 1.82) is 0 Å². The molecule has 0 amide bonds. The Hall–Kier alpha value is -2.59. The number of alkyl halides is 2. The van der Waals surface area contributed by atoms with Crippen molar-refractivity contribution in [3.8, 4) is 11.1 Å². The van der Waals surface area contributed by atoms with Crippen LogP contribution in [0.1, 0.15) is 55.1 Å². The Balaban J connectivity index is 1.63. The van der Waals surface area contributed by atoms with E-state index in [1.807, 2.05) is 13.1 Å². The summed E-state index contributed by atoms with van der Waals surface area (Å²) in [5, 5.41) is 0. The second kappa shape index (κ2) is 8.16. The summed E-state index contributed by atoms with van der Waals surface area (Å²) in [4.78, 5) is 6.92. The van der Waals surface area contributed by atoms with E-state index in [9.17, 15) is 8.78 Å². The fourth-order valence-electron chi connectivity index (χ4n) is 4.40. The molecule has 0 saturated heterocycles. The lowest BCUT2D eigenvalue weighted by atomic mass is 9.79. The SMILES string of the molecule is Cc1ccc(CN2CCC(C)(C)c3ccc(-c4ccc(C(C)(F)F)cc4)cc3C2)cn1. The molecule has 0 N–H and O–H groups in total. The zero-order valence-corrected chi connectivity index (χ0v) is 18.8. The molecule has 1 aliphatic heterocycles. The summed E-state index contributed by atoms with van der Waals surface area (Å²) >= 11 is 0.